The molecule has 1 aromatic carbocycles. The number of ether oxygens (including phenoxy) is 2. The Morgan fingerprint density at radius 2 is 1.74 bits per heavy atom. The molecule has 0 saturated carbocycles. The van der Waals surface area contributed by atoms with Crippen LogP contribution in [0.5, 0.6) is 5.75 Å². The van der Waals surface area contributed by atoms with E-state index in [4.69, 9.17) is 17.0 Å². The van der Waals surface area contributed by atoms with Gasteiger partial charge in [-0.25, -0.2) is 4.79 Å². The van der Waals surface area contributed by atoms with Crippen molar-refractivity contribution in [2.24, 2.45) is 0 Å². The van der Waals surface area contributed by atoms with Gasteiger partial charge in [0.05, 0.1) is 23.7 Å². The topological polar surface area (TPSA) is 101 Å². The molecule has 3 rings (SSSR count). The van der Waals surface area contributed by atoms with E-state index in [0.29, 0.717) is 44.2 Å². The van der Waals surface area contributed by atoms with Crippen LogP contribution in [0.4, 0.5) is 25.0 Å². The van der Waals surface area contributed by atoms with Crippen LogP contribution in [0, 0.1) is 6.92 Å². The first-order valence-electron chi connectivity index (χ1n) is 11.1. The lowest BCUT2D eigenvalue weighted by molar-refractivity contribution is -0.136. The SMILES string of the molecule is CCOC(=O)N1CCN(C(=O)C(C)n2cc(NC(=S)Nc3ccccc3OC(F)F)c(C)n2)CC1. The summed E-state index contributed by atoms with van der Waals surface area (Å²) in [5, 5.41) is 10.4. The average molecular weight is 511 g/mol. The molecule has 1 aromatic heterocycles. The van der Waals surface area contributed by atoms with Crippen molar-refractivity contribution in [3.05, 3.63) is 36.2 Å². The molecule has 2 heterocycles. The Bertz CT molecular complexity index is 1060. The zero-order chi connectivity index (χ0) is 25.5. The fraction of sp³-hybridized carbons (Fsp3) is 0.455. The summed E-state index contributed by atoms with van der Waals surface area (Å²) < 4.78 is 36.3. The van der Waals surface area contributed by atoms with Gasteiger partial charge in [-0.3, -0.25) is 9.48 Å². The molecule has 1 unspecified atom stereocenters. The standard InChI is InChI=1S/C22H28F2N6O4S/c1-4-33-22(32)29-11-9-28(10-12-29)19(31)15(3)30-13-17(14(2)27-30)26-21(35)25-16-7-5-6-8-18(16)34-20(23)24/h5-8,13,15,20H,4,9-12H2,1-3H3,(H2,25,26,35). The quantitative estimate of drug-likeness (QED) is 0.547. The molecule has 2 aromatic rings. The van der Waals surface area contributed by atoms with Gasteiger partial charge in [0.15, 0.2) is 5.11 Å². The van der Waals surface area contributed by atoms with Crippen molar-refractivity contribution in [1.29, 1.82) is 0 Å². The van der Waals surface area contributed by atoms with Crippen molar-refractivity contribution in [1.82, 2.24) is 19.6 Å². The number of nitrogens with one attached hydrogen (secondary N) is 2. The van der Waals surface area contributed by atoms with Crippen LogP contribution in [0.15, 0.2) is 30.5 Å². The molecular formula is C22H28F2N6O4S. The molecule has 10 nitrogen and oxygen atoms in total. The summed E-state index contributed by atoms with van der Waals surface area (Å²) in [6.45, 7) is 4.19. The molecule has 1 atom stereocenters. The smallest absolute Gasteiger partial charge is 0.409 e. The zero-order valence-corrected chi connectivity index (χ0v) is 20.5. The Morgan fingerprint density at radius 1 is 1.11 bits per heavy atom. The van der Waals surface area contributed by atoms with Gasteiger partial charge in [0.2, 0.25) is 5.91 Å². The molecule has 2 amide bonds. The number of para-hydroxylation sites is 2. The second-order valence-electron chi connectivity index (χ2n) is 7.75. The first-order valence-corrected chi connectivity index (χ1v) is 11.5. The average Bonchev–Trinajstić information content (AvgIpc) is 3.19. The van der Waals surface area contributed by atoms with Gasteiger partial charge < -0.3 is 29.9 Å². The number of hydrogen-bond donors (Lipinski definition) is 2. The van der Waals surface area contributed by atoms with Gasteiger partial charge in [0.25, 0.3) is 0 Å². The predicted octanol–water partition coefficient (Wildman–Crippen LogP) is 3.46. The maximum Gasteiger partial charge on any atom is 0.409 e. The van der Waals surface area contributed by atoms with Crippen LogP contribution < -0.4 is 15.4 Å². The summed E-state index contributed by atoms with van der Waals surface area (Å²) in [4.78, 5) is 28.1. The molecule has 190 valence electrons. The molecule has 0 aliphatic carbocycles. The maximum absolute atomic E-state index is 13.0. The van der Waals surface area contributed by atoms with Gasteiger partial charge in [-0.15, -0.1) is 0 Å². The molecule has 1 aliphatic heterocycles. The Balaban J connectivity index is 1.60. The summed E-state index contributed by atoms with van der Waals surface area (Å²) >= 11 is 5.31. The Labute approximate surface area is 207 Å². The largest absolute Gasteiger partial charge is 0.450 e. The predicted molar refractivity (Wildman–Crippen MR) is 130 cm³/mol. The van der Waals surface area contributed by atoms with Crippen LogP contribution in [0.1, 0.15) is 25.6 Å². The summed E-state index contributed by atoms with van der Waals surface area (Å²) in [6, 6.07) is 5.61. The number of carbonyl (C=O) groups excluding carboxylic acids is 2. The van der Waals surface area contributed by atoms with Gasteiger partial charge in [-0.1, -0.05) is 12.1 Å². The molecule has 35 heavy (non-hydrogen) atoms. The summed E-state index contributed by atoms with van der Waals surface area (Å²) in [5.74, 6) is -0.164. The Morgan fingerprint density at radius 3 is 2.40 bits per heavy atom. The van der Waals surface area contributed by atoms with Crippen molar-refractivity contribution in [2.45, 2.75) is 33.4 Å². The third-order valence-corrected chi connectivity index (χ3v) is 5.59. The number of rotatable bonds is 7. The number of aromatic nitrogens is 2. The van der Waals surface area contributed by atoms with Crippen molar-refractivity contribution in [2.75, 3.05) is 43.4 Å². The molecule has 2 N–H and O–H groups in total. The number of benzene rings is 1. The highest BCUT2D eigenvalue weighted by atomic mass is 32.1. The number of nitrogens with zero attached hydrogens (tertiary/aromatic N) is 4. The Kier molecular flexibility index (Phi) is 8.79. The van der Waals surface area contributed by atoms with E-state index in [0.717, 1.165) is 0 Å². The Hall–Kier alpha value is -3.48. The number of alkyl halides is 2. The molecule has 1 aliphatic rings. The third-order valence-electron chi connectivity index (χ3n) is 5.39. The number of piperazine rings is 1. The first-order chi connectivity index (χ1) is 16.7. The number of amides is 2. The molecule has 0 spiro atoms. The zero-order valence-electron chi connectivity index (χ0n) is 19.7. The number of thiocarbonyl (C=S) groups is 1. The van der Waals surface area contributed by atoms with E-state index in [2.05, 4.69) is 20.5 Å². The number of anilines is 2. The minimum atomic E-state index is -2.97. The van der Waals surface area contributed by atoms with Crippen molar-refractivity contribution in [3.63, 3.8) is 0 Å². The fourth-order valence-corrected chi connectivity index (χ4v) is 3.77. The minimum absolute atomic E-state index is 0.0404. The summed E-state index contributed by atoms with van der Waals surface area (Å²) in [5.41, 5.74) is 1.43. The summed E-state index contributed by atoms with van der Waals surface area (Å²) in [6.07, 6.45) is 1.28. The van der Waals surface area contributed by atoms with E-state index < -0.39 is 12.7 Å². The van der Waals surface area contributed by atoms with Crippen LogP contribution in [-0.4, -0.2) is 76.1 Å². The number of carbonyl (C=O) groups is 2. The van der Waals surface area contributed by atoms with Gasteiger partial charge in [0, 0.05) is 32.4 Å². The monoisotopic (exact) mass is 510 g/mol. The molecule has 0 radical (unpaired) electrons. The highest BCUT2D eigenvalue weighted by Crippen LogP contribution is 2.26. The lowest BCUT2D eigenvalue weighted by Crippen LogP contribution is -2.52. The van der Waals surface area contributed by atoms with E-state index >= 15 is 0 Å². The number of aryl methyl sites for hydroxylation is 1. The molecule has 1 saturated heterocycles. The van der Waals surface area contributed by atoms with Crippen molar-refractivity contribution < 1.29 is 27.8 Å². The van der Waals surface area contributed by atoms with Crippen LogP contribution in [0.25, 0.3) is 0 Å². The van der Waals surface area contributed by atoms with Crippen LogP contribution in [0.3, 0.4) is 0 Å². The van der Waals surface area contributed by atoms with Gasteiger partial charge in [0.1, 0.15) is 11.8 Å². The van der Waals surface area contributed by atoms with Gasteiger partial charge in [-0.2, -0.15) is 13.9 Å². The van der Waals surface area contributed by atoms with Gasteiger partial charge in [-0.05, 0) is 45.1 Å². The molecular weight excluding hydrogens is 482 g/mol. The highest BCUT2D eigenvalue weighted by Gasteiger charge is 2.29. The van der Waals surface area contributed by atoms with E-state index in [1.54, 1.807) is 55.0 Å². The lowest BCUT2D eigenvalue weighted by Gasteiger charge is -2.35. The lowest BCUT2D eigenvalue weighted by atomic mass is 10.2. The summed E-state index contributed by atoms with van der Waals surface area (Å²) in [7, 11) is 0. The molecule has 0 bridgehead atoms. The minimum Gasteiger partial charge on any atom is -0.450 e. The number of halogens is 2. The second kappa shape index (κ2) is 11.8. The number of hydrogen-bond acceptors (Lipinski definition) is 6. The normalized spacial score (nSPS) is 14.5. The van der Waals surface area contributed by atoms with Crippen LogP contribution >= 0.6 is 12.2 Å². The van der Waals surface area contributed by atoms with Crippen molar-refractivity contribution in [3.8, 4) is 5.75 Å². The van der Waals surface area contributed by atoms with E-state index in [1.165, 1.54) is 10.7 Å². The van der Waals surface area contributed by atoms with E-state index in [1.807, 2.05) is 0 Å². The van der Waals surface area contributed by atoms with Crippen molar-refractivity contribution >= 4 is 40.7 Å². The van der Waals surface area contributed by atoms with Crippen LogP contribution in [0.2, 0.25) is 0 Å². The molecule has 13 heteroatoms. The maximum atomic E-state index is 13.0. The van der Waals surface area contributed by atoms with E-state index in [9.17, 15) is 18.4 Å². The fourth-order valence-electron chi connectivity index (χ4n) is 3.55. The second-order valence-corrected chi connectivity index (χ2v) is 8.16. The third kappa shape index (κ3) is 6.78. The van der Waals surface area contributed by atoms with Gasteiger partial charge >= 0.3 is 12.7 Å². The first kappa shape index (κ1) is 26.1. The molecule has 1 fully saturated rings. The van der Waals surface area contributed by atoms with Crippen LogP contribution in [-0.2, 0) is 9.53 Å². The highest BCUT2D eigenvalue weighted by molar-refractivity contribution is 7.80. The van der Waals surface area contributed by atoms with E-state index in [-0.39, 0.29) is 28.5 Å².